The van der Waals surface area contributed by atoms with Crippen molar-refractivity contribution in [1.82, 2.24) is 10.2 Å². The van der Waals surface area contributed by atoms with Crippen LogP contribution >= 0.6 is 23.7 Å². The lowest BCUT2D eigenvalue weighted by molar-refractivity contribution is -0.131. The molecule has 5 heteroatoms. The van der Waals surface area contributed by atoms with Crippen LogP contribution in [-0.4, -0.2) is 37.0 Å². The highest BCUT2D eigenvalue weighted by Crippen LogP contribution is 2.20. The predicted molar refractivity (Wildman–Crippen MR) is 87.9 cm³/mol. The van der Waals surface area contributed by atoms with Gasteiger partial charge in [-0.1, -0.05) is 6.92 Å². The number of nitrogens with one attached hydrogen (secondary N) is 1. The van der Waals surface area contributed by atoms with Gasteiger partial charge in [0, 0.05) is 22.8 Å². The smallest absolute Gasteiger partial charge is 0.227 e. The molecule has 0 aromatic carbocycles. The Hall–Kier alpha value is -0.580. The van der Waals surface area contributed by atoms with Crippen LogP contribution in [0.3, 0.4) is 0 Å². The minimum Gasteiger partial charge on any atom is -0.342 e. The molecule has 0 aliphatic carbocycles. The first-order valence-corrected chi connectivity index (χ1v) is 8.04. The third-order valence-electron chi connectivity index (χ3n) is 3.77. The van der Waals surface area contributed by atoms with Crippen LogP contribution in [0.4, 0.5) is 0 Å². The molecule has 0 bridgehead atoms. The summed E-state index contributed by atoms with van der Waals surface area (Å²) in [6.45, 7) is 8.23. The summed E-state index contributed by atoms with van der Waals surface area (Å²) in [6, 6.07) is 4.17. The molecular weight excluding hydrogens is 292 g/mol. The minimum absolute atomic E-state index is 0. The fraction of sp³-hybridized carbons (Fsp3) is 0.667. The molecule has 0 atom stereocenters. The van der Waals surface area contributed by atoms with Gasteiger partial charge in [0.05, 0.1) is 6.42 Å². The summed E-state index contributed by atoms with van der Waals surface area (Å²) >= 11 is 1.73. The molecule has 1 saturated heterocycles. The molecule has 2 heterocycles. The van der Waals surface area contributed by atoms with Gasteiger partial charge in [0.2, 0.25) is 5.91 Å². The van der Waals surface area contributed by atoms with Gasteiger partial charge < -0.3 is 10.2 Å². The van der Waals surface area contributed by atoms with Crippen LogP contribution in [0.5, 0.6) is 0 Å². The molecular formula is C15H25ClN2OS. The first-order valence-electron chi connectivity index (χ1n) is 7.23. The monoisotopic (exact) mass is 316 g/mol. The Kier molecular flexibility index (Phi) is 7.56. The Balaban J connectivity index is 0.00000200. The first kappa shape index (κ1) is 17.5. The quantitative estimate of drug-likeness (QED) is 0.906. The summed E-state index contributed by atoms with van der Waals surface area (Å²) in [5, 5.41) is 3.40. The second-order valence-electron chi connectivity index (χ2n) is 5.32. The van der Waals surface area contributed by atoms with E-state index >= 15 is 0 Å². The number of halogens is 1. The van der Waals surface area contributed by atoms with Crippen molar-refractivity contribution in [3.8, 4) is 0 Å². The van der Waals surface area contributed by atoms with E-state index in [2.05, 4.69) is 31.3 Å². The van der Waals surface area contributed by atoms with Crippen molar-refractivity contribution in [1.29, 1.82) is 0 Å². The summed E-state index contributed by atoms with van der Waals surface area (Å²) in [5.41, 5.74) is 0. The maximum Gasteiger partial charge on any atom is 0.227 e. The van der Waals surface area contributed by atoms with E-state index in [1.807, 2.05) is 4.90 Å². The van der Waals surface area contributed by atoms with Crippen molar-refractivity contribution >= 4 is 29.7 Å². The highest BCUT2D eigenvalue weighted by molar-refractivity contribution is 7.12. The number of aryl methyl sites for hydroxylation is 1. The van der Waals surface area contributed by atoms with E-state index in [4.69, 9.17) is 0 Å². The number of likely N-dealkylation sites (tertiary alicyclic amines) is 1. The van der Waals surface area contributed by atoms with Crippen molar-refractivity contribution in [2.45, 2.75) is 33.1 Å². The normalized spacial score (nSPS) is 16.0. The van der Waals surface area contributed by atoms with Gasteiger partial charge in [0.15, 0.2) is 0 Å². The van der Waals surface area contributed by atoms with Gasteiger partial charge in [-0.25, -0.2) is 0 Å². The molecule has 1 fully saturated rings. The van der Waals surface area contributed by atoms with Gasteiger partial charge in [-0.15, -0.1) is 23.7 Å². The van der Waals surface area contributed by atoms with Crippen LogP contribution in [-0.2, 0) is 11.2 Å². The van der Waals surface area contributed by atoms with E-state index < -0.39 is 0 Å². The molecule has 1 amide bonds. The molecule has 0 saturated carbocycles. The Morgan fingerprint density at radius 2 is 2.10 bits per heavy atom. The molecule has 0 radical (unpaired) electrons. The maximum atomic E-state index is 12.2. The summed E-state index contributed by atoms with van der Waals surface area (Å²) in [6.07, 6.45) is 2.86. The van der Waals surface area contributed by atoms with Crippen molar-refractivity contribution in [3.05, 3.63) is 21.9 Å². The molecule has 1 aromatic rings. The summed E-state index contributed by atoms with van der Waals surface area (Å²) in [4.78, 5) is 16.7. The van der Waals surface area contributed by atoms with Crippen molar-refractivity contribution in [3.63, 3.8) is 0 Å². The van der Waals surface area contributed by atoms with E-state index in [9.17, 15) is 4.79 Å². The van der Waals surface area contributed by atoms with Crippen molar-refractivity contribution in [2.24, 2.45) is 5.92 Å². The minimum atomic E-state index is 0. The molecule has 2 rings (SSSR count). The fourth-order valence-electron chi connectivity index (χ4n) is 2.58. The second kappa shape index (κ2) is 8.65. The lowest BCUT2D eigenvalue weighted by Crippen LogP contribution is -2.41. The SMILES string of the molecule is CCNCC1CCN(C(=O)Cc2ccc(C)s2)CC1.Cl. The summed E-state index contributed by atoms with van der Waals surface area (Å²) < 4.78 is 0. The van der Waals surface area contributed by atoms with Crippen LogP contribution in [0.25, 0.3) is 0 Å². The molecule has 1 aliphatic heterocycles. The van der Waals surface area contributed by atoms with Crippen molar-refractivity contribution in [2.75, 3.05) is 26.2 Å². The van der Waals surface area contributed by atoms with Crippen LogP contribution in [0.1, 0.15) is 29.5 Å². The number of hydrogen-bond donors (Lipinski definition) is 1. The first-order chi connectivity index (χ1) is 9.19. The lowest BCUT2D eigenvalue weighted by Gasteiger charge is -2.32. The van der Waals surface area contributed by atoms with E-state index in [-0.39, 0.29) is 12.4 Å². The van der Waals surface area contributed by atoms with Crippen molar-refractivity contribution < 1.29 is 4.79 Å². The average molecular weight is 317 g/mol. The number of carbonyl (C=O) groups is 1. The number of amides is 1. The third-order valence-corrected chi connectivity index (χ3v) is 4.77. The van der Waals surface area contributed by atoms with Gasteiger partial charge in [-0.05, 0) is 50.9 Å². The van der Waals surface area contributed by atoms with Gasteiger partial charge in [-0.2, -0.15) is 0 Å². The third kappa shape index (κ3) is 5.08. The van der Waals surface area contributed by atoms with Crippen LogP contribution in [0.2, 0.25) is 0 Å². The zero-order valence-electron chi connectivity index (χ0n) is 12.4. The van der Waals surface area contributed by atoms with E-state index in [1.165, 1.54) is 9.75 Å². The Labute approximate surface area is 132 Å². The molecule has 20 heavy (non-hydrogen) atoms. The average Bonchev–Trinajstić information content (AvgIpc) is 2.82. The number of rotatable bonds is 5. The van der Waals surface area contributed by atoms with Gasteiger partial charge in [0.25, 0.3) is 0 Å². The zero-order valence-corrected chi connectivity index (χ0v) is 14.0. The largest absolute Gasteiger partial charge is 0.342 e. The molecule has 1 N–H and O–H groups in total. The molecule has 0 unspecified atom stereocenters. The highest BCUT2D eigenvalue weighted by atomic mass is 35.5. The number of hydrogen-bond acceptors (Lipinski definition) is 3. The van der Waals surface area contributed by atoms with Gasteiger partial charge in [0.1, 0.15) is 0 Å². The van der Waals surface area contributed by atoms with Crippen LogP contribution in [0, 0.1) is 12.8 Å². The van der Waals surface area contributed by atoms with Crippen LogP contribution in [0.15, 0.2) is 12.1 Å². The molecule has 1 aliphatic rings. The van der Waals surface area contributed by atoms with E-state index in [1.54, 1.807) is 11.3 Å². The number of nitrogens with zero attached hydrogens (tertiary/aromatic N) is 1. The Morgan fingerprint density at radius 3 is 2.65 bits per heavy atom. The Bertz CT molecular complexity index is 414. The predicted octanol–water partition coefficient (Wildman–Crippen LogP) is 2.87. The molecule has 114 valence electrons. The standard InChI is InChI=1S/C15H24N2OS.ClH/c1-3-16-11-13-6-8-17(9-7-13)15(18)10-14-5-4-12(2)19-14;/h4-5,13,16H,3,6-11H2,1-2H3;1H. The topological polar surface area (TPSA) is 32.3 Å². The molecule has 0 spiro atoms. The summed E-state index contributed by atoms with van der Waals surface area (Å²) in [7, 11) is 0. The second-order valence-corrected chi connectivity index (χ2v) is 6.69. The van der Waals surface area contributed by atoms with E-state index in [0.717, 1.165) is 44.9 Å². The van der Waals surface area contributed by atoms with Gasteiger partial charge in [-0.3, -0.25) is 4.79 Å². The number of carbonyl (C=O) groups excluding carboxylic acids is 1. The Morgan fingerprint density at radius 1 is 1.40 bits per heavy atom. The highest BCUT2D eigenvalue weighted by Gasteiger charge is 2.22. The molecule has 1 aromatic heterocycles. The molecule has 3 nitrogen and oxygen atoms in total. The summed E-state index contributed by atoms with van der Waals surface area (Å²) in [5.74, 6) is 1.04. The number of piperidine rings is 1. The lowest BCUT2D eigenvalue weighted by atomic mass is 9.96. The fourth-order valence-corrected chi connectivity index (χ4v) is 3.46. The van der Waals surface area contributed by atoms with Crippen LogP contribution < -0.4 is 5.32 Å². The maximum absolute atomic E-state index is 12.2. The zero-order chi connectivity index (χ0) is 13.7. The van der Waals surface area contributed by atoms with E-state index in [0.29, 0.717) is 12.3 Å². The van der Waals surface area contributed by atoms with Gasteiger partial charge >= 0.3 is 0 Å². The number of thiophene rings is 1.